The molecule has 0 aliphatic rings. The summed E-state index contributed by atoms with van der Waals surface area (Å²) in [4.78, 5) is 75.3. The lowest BCUT2D eigenvalue weighted by atomic mass is 9.96. The van der Waals surface area contributed by atoms with E-state index in [0.29, 0.717) is 0 Å². The lowest BCUT2D eigenvalue weighted by Crippen LogP contribution is -2.44. The lowest BCUT2D eigenvalue weighted by molar-refractivity contribution is -0.174. The molecule has 0 aromatic heterocycles. The first-order valence-corrected chi connectivity index (χ1v) is 8.40. The number of ether oxygens (including phenoxy) is 4. The number of esters is 5. The summed E-state index contributed by atoms with van der Waals surface area (Å²) >= 11 is 0. The van der Waals surface area contributed by atoms with E-state index in [-0.39, 0.29) is 0 Å². The normalized spacial score (nSPS) is 12.1. The van der Waals surface area contributed by atoms with Crippen LogP contribution in [0.5, 0.6) is 0 Å². The van der Waals surface area contributed by atoms with Crippen molar-refractivity contribution in [2.45, 2.75) is 43.8 Å². The molecule has 0 aromatic rings. The number of carbonyl (C=O) groups excluding carboxylic acids is 5. The topological polar surface area (TPSA) is 237 Å². The third kappa shape index (κ3) is 11.6. The smallest absolute Gasteiger partial charge is 0.339 e. The highest BCUT2D eigenvalue weighted by atomic mass is 16.6. The van der Waals surface area contributed by atoms with Crippen molar-refractivity contribution in [2.75, 3.05) is 21.3 Å². The molecule has 1 atom stereocenters. The molecule has 0 heterocycles. The third-order valence-corrected chi connectivity index (χ3v) is 3.43. The van der Waals surface area contributed by atoms with Crippen LogP contribution in [0.4, 0.5) is 0 Å². The maximum atomic E-state index is 11.2. The van der Waals surface area contributed by atoms with E-state index in [2.05, 4.69) is 18.9 Å². The van der Waals surface area contributed by atoms with Gasteiger partial charge in [0.05, 0.1) is 47.0 Å². The summed E-state index contributed by atoms with van der Waals surface area (Å²) in [6.07, 6.45) is -3.64. The molecule has 0 spiro atoms. The molecule has 0 saturated heterocycles. The van der Waals surface area contributed by atoms with Gasteiger partial charge in [-0.2, -0.15) is 0 Å². The Labute approximate surface area is 180 Å². The molecule has 15 nitrogen and oxygen atoms in total. The van der Waals surface area contributed by atoms with Gasteiger partial charge in [-0.05, 0) is 0 Å². The quantitative estimate of drug-likeness (QED) is 0.151. The van der Waals surface area contributed by atoms with Crippen LogP contribution in [0.2, 0.25) is 0 Å². The first-order chi connectivity index (χ1) is 14.6. The molecule has 32 heavy (non-hydrogen) atoms. The van der Waals surface area contributed by atoms with Crippen molar-refractivity contribution in [2.24, 2.45) is 0 Å². The Hall–Kier alpha value is -3.59. The minimum Gasteiger partial charge on any atom is -0.481 e. The van der Waals surface area contributed by atoms with Gasteiger partial charge in [0, 0.05) is 6.92 Å². The zero-order valence-corrected chi connectivity index (χ0v) is 17.6. The number of hydrogen-bond donors (Lipinski definition) is 4. The van der Waals surface area contributed by atoms with Gasteiger partial charge < -0.3 is 39.4 Å². The van der Waals surface area contributed by atoms with Crippen molar-refractivity contribution in [3.8, 4) is 0 Å². The molecule has 0 rings (SSSR count). The predicted octanol–water partition coefficient (Wildman–Crippen LogP) is -2.23. The maximum Gasteiger partial charge on any atom is 0.339 e. The summed E-state index contributed by atoms with van der Waals surface area (Å²) in [5.74, 6) is -8.53. The van der Waals surface area contributed by atoms with Gasteiger partial charge >= 0.3 is 41.8 Å². The second kappa shape index (κ2) is 13.7. The van der Waals surface area contributed by atoms with E-state index in [9.17, 15) is 43.8 Å². The van der Waals surface area contributed by atoms with Gasteiger partial charge in [0.2, 0.25) is 0 Å². The summed E-state index contributed by atoms with van der Waals surface area (Å²) in [7, 11) is 3.22. The van der Waals surface area contributed by atoms with Crippen molar-refractivity contribution in [3.63, 3.8) is 0 Å². The molecule has 0 aliphatic carbocycles. The Kier molecular flexibility index (Phi) is 13.1. The molecular formula is C17H24O15. The molecule has 0 aliphatic heterocycles. The van der Waals surface area contributed by atoms with Gasteiger partial charge in [-0.1, -0.05) is 0 Å². The van der Waals surface area contributed by atoms with E-state index in [1.807, 2.05) is 0 Å². The number of aliphatic hydroxyl groups is 2. The van der Waals surface area contributed by atoms with Crippen molar-refractivity contribution >= 4 is 41.8 Å². The van der Waals surface area contributed by atoms with Gasteiger partial charge in [-0.25, -0.2) is 9.59 Å². The maximum absolute atomic E-state index is 11.2. The zero-order valence-electron chi connectivity index (χ0n) is 17.6. The highest BCUT2D eigenvalue weighted by molar-refractivity contribution is 5.92. The minimum atomic E-state index is -2.78. The van der Waals surface area contributed by atoms with Gasteiger partial charge in [-0.15, -0.1) is 0 Å². The Morgan fingerprint density at radius 1 is 0.656 bits per heavy atom. The van der Waals surface area contributed by atoms with Crippen LogP contribution in [0.15, 0.2) is 0 Å². The van der Waals surface area contributed by atoms with Crippen molar-refractivity contribution in [3.05, 3.63) is 0 Å². The Morgan fingerprint density at radius 3 is 1.34 bits per heavy atom. The van der Waals surface area contributed by atoms with Gasteiger partial charge in [0.15, 0.2) is 11.2 Å². The average Bonchev–Trinajstić information content (AvgIpc) is 2.65. The molecule has 0 amide bonds. The van der Waals surface area contributed by atoms with E-state index in [1.165, 1.54) is 0 Å². The first-order valence-electron chi connectivity index (χ1n) is 8.40. The lowest BCUT2D eigenvalue weighted by Gasteiger charge is -2.22. The van der Waals surface area contributed by atoms with Crippen LogP contribution in [-0.4, -0.2) is 94.7 Å². The Morgan fingerprint density at radius 2 is 1.06 bits per heavy atom. The predicted molar refractivity (Wildman–Crippen MR) is 96.5 cm³/mol. The van der Waals surface area contributed by atoms with E-state index in [0.717, 1.165) is 28.3 Å². The third-order valence-electron chi connectivity index (χ3n) is 3.43. The van der Waals surface area contributed by atoms with Crippen molar-refractivity contribution in [1.29, 1.82) is 0 Å². The number of aliphatic carboxylic acids is 2. The molecule has 0 saturated carbocycles. The van der Waals surface area contributed by atoms with Crippen molar-refractivity contribution in [1.82, 2.24) is 0 Å². The summed E-state index contributed by atoms with van der Waals surface area (Å²) in [6, 6.07) is 0. The monoisotopic (exact) mass is 468 g/mol. The highest BCUT2D eigenvalue weighted by Crippen LogP contribution is 2.19. The van der Waals surface area contributed by atoms with Crippen LogP contribution in [0.1, 0.15) is 32.6 Å². The largest absolute Gasteiger partial charge is 0.481 e. The number of rotatable bonds is 10. The summed E-state index contributed by atoms with van der Waals surface area (Å²) in [5, 5.41) is 36.1. The molecule has 4 N–H and O–H groups in total. The van der Waals surface area contributed by atoms with Gasteiger partial charge in [0.1, 0.15) is 0 Å². The number of hydrogen-bond acceptors (Lipinski definition) is 13. The number of carbonyl (C=O) groups is 7. The van der Waals surface area contributed by atoms with E-state index < -0.39 is 78.7 Å². The second-order valence-electron chi connectivity index (χ2n) is 6.08. The van der Waals surface area contributed by atoms with Gasteiger partial charge in [0.25, 0.3) is 0 Å². The first kappa shape index (κ1) is 30.6. The molecule has 0 fully saturated rings. The molecule has 0 bridgehead atoms. The fourth-order valence-electron chi connectivity index (χ4n) is 1.92. The summed E-state index contributed by atoms with van der Waals surface area (Å²) in [5.41, 5.74) is -5.03. The van der Waals surface area contributed by atoms with Crippen LogP contribution in [0, 0.1) is 0 Å². The molecule has 0 radical (unpaired) electrons. The van der Waals surface area contributed by atoms with Crippen molar-refractivity contribution < 1.29 is 72.9 Å². The minimum absolute atomic E-state index is 0.675. The van der Waals surface area contributed by atoms with Crippen LogP contribution in [0.3, 0.4) is 0 Å². The van der Waals surface area contributed by atoms with E-state index >= 15 is 0 Å². The molecule has 1 unspecified atom stereocenters. The Balaban J connectivity index is 0. The van der Waals surface area contributed by atoms with E-state index in [4.69, 9.17) is 10.2 Å². The van der Waals surface area contributed by atoms with Gasteiger partial charge in [-0.3, -0.25) is 24.0 Å². The number of methoxy groups -OCH3 is 3. The fraction of sp³-hybridized carbons (Fsp3) is 0.588. The van der Waals surface area contributed by atoms with Crippen LogP contribution in [-0.2, 0) is 52.5 Å². The van der Waals surface area contributed by atoms with Crippen LogP contribution >= 0.6 is 0 Å². The highest BCUT2D eigenvalue weighted by Gasteiger charge is 2.43. The standard InChI is InChI=1S/C9H14O7.C8H10O8/c1-14-6(10)4-9(13,8(12)16-3)5-7(11)15-2;1-4(9)16-6(12)3-8(15,7(13)14)2-5(10)11/h13H,4-5H2,1-3H3;15H,2-3H2,1H3,(H,10,11)(H,13,14). The summed E-state index contributed by atoms with van der Waals surface area (Å²) < 4.78 is 16.9. The van der Waals surface area contributed by atoms with E-state index in [1.54, 1.807) is 0 Å². The zero-order chi connectivity index (χ0) is 25.7. The Bertz CT molecular complexity index is 722. The fourth-order valence-corrected chi connectivity index (χ4v) is 1.92. The molecule has 182 valence electrons. The van der Waals surface area contributed by atoms with Crippen LogP contribution < -0.4 is 0 Å². The second-order valence-corrected chi connectivity index (χ2v) is 6.08. The summed E-state index contributed by atoms with van der Waals surface area (Å²) in [6.45, 7) is 0.912. The number of carboxylic acid groups (broad SMARTS) is 2. The molecule has 15 heteroatoms. The average molecular weight is 468 g/mol. The molecule has 0 aromatic carbocycles. The van der Waals surface area contributed by atoms with Crippen LogP contribution in [0.25, 0.3) is 0 Å². The number of carboxylic acids is 2. The molecular weight excluding hydrogens is 444 g/mol. The SMILES string of the molecule is CC(=O)OC(=O)CC(O)(CC(=O)O)C(=O)O.COC(=O)CC(O)(CC(=O)OC)C(=O)OC.